The molecule has 166 valence electrons. The number of hydrogen-bond acceptors (Lipinski definition) is 5. The third-order valence-electron chi connectivity index (χ3n) is 5.44. The van der Waals surface area contributed by atoms with Crippen molar-refractivity contribution in [3.63, 3.8) is 0 Å². The third kappa shape index (κ3) is 5.11. The number of anilines is 2. The molecule has 1 aromatic carbocycles. The summed E-state index contributed by atoms with van der Waals surface area (Å²) in [6.07, 6.45) is 5.38. The van der Waals surface area contributed by atoms with Crippen molar-refractivity contribution in [1.29, 1.82) is 0 Å². The molecule has 0 saturated carbocycles. The van der Waals surface area contributed by atoms with E-state index in [2.05, 4.69) is 20.5 Å². The molecule has 2 amide bonds. The van der Waals surface area contributed by atoms with E-state index in [1.54, 1.807) is 36.5 Å². The number of aromatic nitrogens is 1. The fourth-order valence-corrected chi connectivity index (χ4v) is 5.01. The van der Waals surface area contributed by atoms with Gasteiger partial charge in [0.1, 0.15) is 5.82 Å². The van der Waals surface area contributed by atoms with E-state index in [9.17, 15) is 9.59 Å². The van der Waals surface area contributed by atoms with Crippen LogP contribution in [0.4, 0.5) is 10.8 Å². The van der Waals surface area contributed by atoms with Gasteiger partial charge in [0.15, 0.2) is 0 Å². The summed E-state index contributed by atoms with van der Waals surface area (Å²) in [6.45, 7) is 4.25. The van der Waals surface area contributed by atoms with Crippen LogP contribution >= 0.6 is 22.9 Å². The van der Waals surface area contributed by atoms with Gasteiger partial charge in [-0.3, -0.25) is 9.59 Å². The number of amides is 2. The van der Waals surface area contributed by atoms with Gasteiger partial charge >= 0.3 is 0 Å². The van der Waals surface area contributed by atoms with Crippen LogP contribution in [0.15, 0.2) is 48.7 Å². The van der Waals surface area contributed by atoms with Crippen LogP contribution in [0.1, 0.15) is 50.4 Å². The Morgan fingerprint density at radius 2 is 1.88 bits per heavy atom. The van der Waals surface area contributed by atoms with Crippen molar-refractivity contribution in [3.8, 4) is 0 Å². The van der Waals surface area contributed by atoms with E-state index >= 15 is 0 Å². The van der Waals surface area contributed by atoms with Crippen molar-refractivity contribution in [2.75, 3.05) is 23.3 Å². The molecule has 0 atom stereocenters. The molecule has 3 heterocycles. The van der Waals surface area contributed by atoms with Crippen molar-refractivity contribution in [2.24, 2.45) is 0 Å². The van der Waals surface area contributed by atoms with Crippen LogP contribution in [-0.4, -0.2) is 29.9 Å². The van der Waals surface area contributed by atoms with Gasteiger partial charge < -0.3 is 15.5 Å². The van der Waals surface area contributed by atoms with Gasteiger partial charge in [0.25, 0.3) is 11.8 Å². The molecular weight excluding hydrogens is 444 g/mol. The van der Waals surface area contributed by atoms with Crippen LogP contribution in [0.3, 0.4) is 0 Å². The van der Waals surface area contributed by atoms with Crippen LogP contribution in [0.5, 0.6) is 0 Å². The van der Waals surface area contributed by atoms with Gasteiger partial charge in [0.2, 0.25) is 0 Å². The Balaban J connectivity index is 1.42. The van der Waals surface area contributed by atoms with Crippen molar-refractivity contribution in [1.82, 2.24) is 10.3 Å². The molecule has 0 unspecified atom stereocenters. The molecule has 0 aliphatic carbocycles. The molecule has 1 saturated heterocycles. The highest BCUT2D eigenvalue weighted by Crippen LogP contribution is 2.28. The Labute approximate surface area is 196 Å². The molecule has 0 bridgehead atoms. The summed E-state index contributed by atoms with van der Waals surface area (Å²) >= 11 is 7.36. The predicted molar refractivity (Wildman–Crippen MR) is 130 cm³/mol. The lowest BCUT2D eigenvalue weighted by molar-refractivity contribution is 0.0953. The maximum Gasteiger partial charge on any atom is 0.261 e. The van der Waals surface area contributed by atoms with Crippen LogP contribution in [0, 0.1) is 6.92 Å². The normalized spacial score (nSPS) is 13.6. The number of nitrogens with one attached hydrogen (secondary N) is 2. The topological polar surface area (TPSA) is 74.3 Å². The molecule has 6 nitrogen and oxygen atoms in total. The summed E-state index contributed by atoms with van der Waals surface area (Å²) in [4.78, 5) is 32.8. The van der Waals surface area contributed by atoms with Gasteiger partial charge in [-0.05, 0) is 56.0 Å². The second-order valence-electron chi connectivity index (χ2n) is 7.77. The molecule has 0 spiro atoms. The molecule has 2 aromatic heterocycles. The lowest BCUT2D eigenvalue weighted by Crippen LogP contribution is -2.32. The molecule has 3 aromatic rings. The second-order valence-corrected chi connectivity index (χ2v) is 9.23. The maximum absolute atomic E-state index is 12.9. The number of pyridine rings is 1. The number of benzene rings is 1. The van der Waals surface area contributed by atoms with Crippen LogP contribution in [0.2, 0.25) is 5.02 Å². The Bertz CT molecular complexity index is 1120. The summed E-state index contributed by atoms with van der Waals surface area (Å²) in [5.74, 6) is 0.479. The molecule has 1 aliphatic rings. The number of nitrogens with zero attached hydrogens (tertiary/aromatic N) is 2. The SMILES string of the molecule is Cc1cc(NC(=O)c2ccccc2Cl)sc1C(=O)NCc1cccnc1N1CCCCC1. The van der Waals surface area contributed by atoms with E-state index in [0.29, 0.717) is 27.0 Å². The molecular formula is C24H25ClN4O2S. The number of rotatable bonds is 6. The first-order chi connectivity index (χ1) is 15.5. The van der Waals surface area contributed by atoms with E-state index in [4.69, 9.17) is 11.6 Å². The summed E-state index contributed by atoms with van der Waals surface area (Å²) in [5, 5.41) is 6.84. The van der Waals surface area contributed by atoms with Crippen LogP contribution in [0.25, 0.3) is 0 Å². The first kappa shape index (κ1) is 22.3. The van der Waals surface area contributed by atoms with Gasteiger partial charge in [-0.2, -0.15) is 0 Å². The summed E-state index contributed by atoms with van der Waals surface area (Å²) < 4.78 is 0. The number of aryl methyl sites for hydroxylation is 1. The van der Waals surface area contributed by atoms with Crippen molar-refractivity contribution in [3.05, 3.63) is 75.3 Å². The van der Waals surface area contributed by atoms with E-state index in [-0.39, 0.29) is 11.8 Å². The van der Waals surface area contributed by atoms with Crippen LogP contribution in [-0.2, 0) is 6.54 Å². The fraction of sp³-hybridized carbons (Fsp3) is 0.292. The van der Waals surface area contributed by atoms with E-state index in [1.807, 2.05) is 19.1 Å². The third-order valence-corrected chi connectivity index (χ3v) is 6.92. The molecule has 0 radical (unpaired) electrons. The monoisotopic (exact) mass is 468 g/mol. The van der Waals surface area contributed by atoms with Gasteiger partial charge in [0.05, 0.1) is 20.5 Å². The largest absolute Gasteiger partial charge is 0.356 e. The van der Waals surface area contributed by atoms with Gasteiger partial charge in [-0.25, -0.2) is 4.98 Å². The first-order valence-electron chi connectivity index (χ1n) is 10.7. The standard InChI is InChI=1S/C24H25ClN4O2S/c1-16-14-20(28-23(30)18-9-3-4-10-19(18)25)32-21(16)24(31)27-15-17-8-7-11-26-22(17)29-12-5-2-6-13-29/h3-4,7-11,14H,2,5-6,12-13,15H2,1H3,(H,27,31)(H,28,30). The number of carbonyl (C=O) groups is 2. The Morgan fingerprint density at radius 1 is 1.09 bits per heavy atom. The lowest BCUT2D eigenvalue weighted by atomic mass is 10.1. The van der Waals surface area contributed by atoms with E-state index < -0.39 is 0 Å². The zero-order valence-electron chi connectivity index (χ0n) is 17.9. The average molecular weight is 469 g/mol. The highest BCUT2D eigenvalue weighted by molar-refractivity contribution is 7.18. The Morgan fingerprint density at radius 3 is 2.66 bits per heavy atom. The van der Waals surface area contributed by atoms with E-state index in [0.717, 1.165) is 30.0 Å². The van der Waals surface area contributed by atoms with E-state index in [1.165, 1.54) is 30.6 Å². The minimum absolute atomic E-state index is 0.167. The van der Waals surface area contributed by atoms with Crippen molar-refractivity contribution < 1.29 is 9.59 Å². The number of thiophene rings is 1. The van der Waals surface area contributed by atoms with Gasteiger partial charge in [-0.1, -0.05) is 29.8 Å². The highest BCUT2D eigenvalue weighted by Gasteiger charge is 2.19. The quantitative estimate of drug-likeness (QED) is 0.516. The first-order valence-corrected chi connectivity index (χ1v) is 11.9. The molecule has 2 N–H and O–H groups in total. The summed E-state index contributed by atoms with van der Waals surface area (Å²) in [6, 6.07) is 12.6. The van der Waals surface area contributed by atoms with Gasteiger partial charge in [-0.15, -0.1) is 11.3 Å². The lowest BCUT2D eigenvalue weighted by Gasteiger charge is -2.29. The minimum Gasteiger partial charge on any atom is -0.356 e. The van der Waals surface area contributed by atoms with Crippen molar-refractivity contribution >= 4 is 45.6 Å². The minimum atomic E-state index is -0.301. The smallest absolute Gasteiger partial charge is 0.261 e. The summed E-state index contributed by atoms with van der Waals surface area (Å²) in [5.41, 5.74) is 2.21. The number of carbonyl (C=O) groups excluding carboxylic acids is 2. The zero-order chi connectivity index (χ0) is 22.5. The predicted octanol–water partition coefficient (Wildman–Crippen LogP) is 5.28. The highest BCUT2D eigenvalue weighted by atomic mass is 35.5. The molecule has 1 aliphatic heterocycles. The number of halogens is 1. The molecule has 32 heavy (non-hydrogen) atoms. The number of hydrogen-bond donors (Lipinski definition) is 2. The van der Waals surface area contributed by atoms with Crippen molar-refractivity contribution in [2.45, 2.75) is 32.7 Å². The Kier molecular flexibility index (Phi) is 7.07. The van der Waals surface area contributed by atoms with Crippen LogP contribution < -0.4 is 15.5 Å². The summed E-state index contributed by atoms with van der Waals surface area (Å²) in [7, 11) is 0. The fourth-order valence-electron chi connectivity index (χ4n) is 3.81. The maximum atomic E-state index is 12.9. The molecule has 4 rings (SSSR count). The van der Waals surface area contributed by atoms with Gasteiger partial charge in [0, 0.05) is 31.4 Å². The number of piperidine rings is 1. The molecule has 1 fully saturated rings. The molecule has 8 heteroatoms. The Hall–Kier alpha value is -2.90. The second kappa shape index (κ2) is 10.1. The zero-order valence-corrected chi connectivity index (χ0v) is 19.4. The average Bonchev–Trinajstić information content (AvgIpc) is 3.18.